The molecule has 1 unspecified atom stereocenters. The number of aromatic nitrogens is 2. The summed E-state index contributed by atoms with van der Waals surface area (Å²) < 4.78 is 25.3. The van der Waals surface area contributed by atoms with Gasteiger partial charge in [-0.2, -0.15) is 0 Å². The van der Waals surface area contributed by atoms with Crippen LogP contribution < -0.4 is 5.14 Å². The lowest BCUT2D eigenvalue weighted by Gasteiger charge is -2.15. The number of imidazole rings is 1. The summed E-state index contributed by atoms with van der Waals surface area (Å²) in [7, 11) is -3.69. The molecule has 0 bridgehead atoms. The van der Waals surface area contributed by atoms with Crippen LogP contribution in [0.2, 0.25) is 0 Å². The van der Waals surface area contributed by atoms with E-state index in [9.17, 15) is 8.42 Å². The summed E-state index contributed by atoms with van der Waals surface area (Å²) in [6, 6.07) is 23.7. The Morgan fingerprint density at radius 1 is 0.929 bits per heavy atom. The van der Waals surface area contributed by atoms with Crippen LogP contribution in [0.3, 0.4) is 0 Å². The quantitative estimate of drug-likeness (QED) is 0.577. The lowest BCUT2D eigenvalue weighted by atomic mass is 10.0. The Morgan fingerprint density at radius 3 is 2.36 bits per heavy atom. The molecule has 4 aromatic rings. The molecule has 0 radical (unpaired) electrons. The minimum atomic E-state index is -3.69. The number of benzene rings is 3. The summed E-state index contributed by atoms with van der Waals surface area (Å²) in [5.41, 5.74) is 5.35. The highest BCUT2D eigenvalue weighted by molar-refractivity contribution is 7.89. The maximum Gasteiger partial charge on any atom is 0.238 e. The third-order valence-corrected chi connectivity index (χ3v) is 6.35. The van der Waals surface area contributed by atoms with Gasteiger partial charge in [-0.3, -0.25) is 0 Å². The van der Waals surface area contributed by atoms with Crippen LogP contribution in [0.15, 0.2) is 77.7 Å². The SMILES string of the molecule is NS(=O)(=O)c1ccc(-c2ccc3nc4n(c3c2)C(c2ccccc2)CC4)cc1. The molecule has 0 fully saturated rings. The number of rotatable bonds is 3. The first-order valence-electron chi connectivity index (χ1n) is 9.20. The van der Waals surface area contributed by atoms with E-state index in [-0.39, 0.29) is 4.90 Å². The molecule has 0 spiro atoms. The molecule has 0 saturated heterocycles. The molecule has 5 nitrogen and oxygen atoms in total. The fourth-order valence-electron chi connectivity index (χ4n) is 4.07. The zero-order valence-corrected chi connectivity index (χ0v) is 15.9. The average molecular weight is 389 g/mol. The molecule has 2 heterocycles. The predicted octanol–water partition coefficient (Wildman–Crippen LogP) is 3.89. The van der Waals surface area contributed by atoms with E-state index in [2.05, 4.69) is 34.9 Å². The Kier molecular flexibility index (Phi) is 3.86. The highest BCUT2D eigenvalue weighted by Gasteiger charge is 2.27. The van der Waals surface area contributed by atoms with Crippen LogP contribution in [0.1, 0.15) is 23.9 Å². The van der Waals surface area contributed by atoms with E-state index in [1.54, 1.807) is 24.3 Å². The Labute approximate surface area is 163 Å². The van der Waals surface area contributed by atoms with Crippen molar-refractivity contribution in [2.75, 3.05) is 0 Å². The molecule has 28 heavy (non-hydrogen) atoms. The first kappa shape index (κ1) is 17.2. The van der Waals surface area contributed by atoms with Gasteiger partial charge in [0.15, 0.2) is 0 Å². The molecule has 140 valence electrons. The van der Waals surface area contributed by atoms with Crippen molar-refractivity contribution < 1.29 is 8.42 Å². The summed E-state index contributed by atoms with van der Waals surface area (Å²) in [6.45, 7) is 0. The Morgan fingerprint density at radius 2 is 1.64 bits per heavy atom. The van der Waals surface area contributed by atoms with Crippen molar-refractivity contribution in [3.05, 3.63) is 84.2 Å². The van der Waals surface area contributed by atoms with Gasteiger partial charge >= 0.3 is 0 Å². The standard InChI is InChI=1S/C22H19N3O2S/c23-28(26,27)18-9-6-15(7-10-18)17-8-11-19-21(14-17)25-20(12-13-22(25)24-19)16-4-2-1-3-5-16/h1-11,14,20H,12-13H2,(H2,23,26,27). The average Bonchev–Trinajstić information content (AvgIpc) is 3.27. The minimum absolute atomic E-state index is 0.117. The van der Waals surface area contributed by atoms with E-state index < -0.39 is 10.0 Å². The van der Waals surface area contributed by atoms with Crippen molar-refractivity contribution in [3.63, 3.8) is 0 Å². The molecule has 1 aromatic heterocycles. The first-order valence-corrected chi connectivity index (χ1v) is 10.7. The summed E-state index contributed by atoms with van der Waals surface area (Å²) >= 11 is 0. The number of fused-ring (bicyclic) bond motifs is 3. The van der Waals surface area contributed by atoms with Gasteiger partial charge in [-0.25, -0.2) is 18.5 Å². The molecule has 0 saturated carbocycles. The van der Waals surface area contributed by atoms with Crippen LogP contribution in [0, 0.1) is 0 Å². The van der Waals surface area contributed by atoms with Gasteiger partial charge in [0.1, 0.15) is 5.82 Å². The van der Waals surface area contributed by atoms with Crippen LogP contribution in [0.5, 0.6) is 0 Å². The second-order valence-electron chi connectivity index (χ2n) is 7.14. The van der Waals surface area contributed by atoms with E-state index in [1.807, 2.05) is 18.2 Å². The fraction of sp³-hybridized carbons (Fsp3) is 0.136. The molecule has 0 amide bonds. The van der Waals surface area contributed by atoms with Crippen molar-refractivity contribution >= 4 is 21.1 Å². The van der Waals surface area contributed by atoms with Gasteiger partial charge < -0.3 is 4.57 Å². The smallest absolute Gasteiger partial charge is 0.238 e. The van der Waals surface area contributed by atoms with Crippen molar-refractivity contribution in [1.29, 1.82) is 0 Å². The van der Waals surface area contributed by atoms with E-state index in [4.69, 9.17) is 10.1 Å². The van der Waals surface area contributed by atoms with E-state index in [1.165, 1.54) is 5.56 Å². The predicted molar refractivity (Wildman–Crippen MR) is 109 cm³/mol. The van der Waals surface area contributed by atoms with Crippen molar-refractivity contribution in [1.82, 2.24) is 9.55 Å². The second-order valence-corrected chi connectivity index (χ2v) is 8.70. The molecule has 5 rings (SSSR count). The van der Waals surface area contributed by atoms with Gasteiger partial charge in [0.25, 0.3) is 0 Å². The van der Waals surface area contributed by atoms with Gasteiger partial charge in [-0.15, -0.1) is 0 Å². The Hall–Kier alpha value is -2.96. The lowest BCUT2D eigenvalue weighted by Crippen LogP contribution is -2.11. The van der Waals surface area contributed by atoms with Gasteiger partial charge in [-0.05, 0) is 47.4 Å². The van der Waals surface area contributed by atoms with Gasteiger partial charge in [0.2, 0.25) is 10.0 Å². The lowest BCUT2D eigenvalue weighted by molar-refractivity contribution is 0.598. The number of aryl methyl sites for hydroxylation is 1. The third kappa shape index (κ3) is 2.82. The normalized spacial score (nSPS) is 16.4. The molecule has 2 N–H and O–H groups in total. The number of nitrogens with zero attached hydrogens (tertiary/aromatic N) is 2. The van der Waals surface area contributed by atoms with Gasteiger partial charge in [0, 0.05) is 6.42 Å². The van der Waals surface area contributed by atoms with Crippen molar-refractivity contribution in [2.45, 2.75) is 23.8 Å². The third-order valence-electron chi connectivity index (χ3n) is 5.42. The minimum Gasteiger partial charge on any atom is -0.320 e. The topological polar surface area (TPSA) is 78.0 Å². The molecular weight excluding hydrogens is 370 g/mol. The van der Waals surface area contributed by atoms with E-state index >= 15 is 0 Å². The summed E-state index contributed by atoms with van der Waals surface area (Å²) in [5.74, 6) is 1.12. The summed E-state index contributed by atoms with van der Waals surface area (Å²) in [6.07, 6.45) is 2.02. The first-order chi connectivity index (χ1) is 13.5. The van der Waals surface area contributed by atoms with Gasteiger partial charge in [0.05, 0.1) is 22.0 Å². The molecule has 0 aliphatic carbocycles. The van der Waals surface area contributed by atoms with E-state index in [0.717, 1.165) is 40.8 Å². The maximum atomic E-state index is 11.5. The van der Waals surface area contributed by atoms with Crippen LogP contribution in [-0.2, 0) is 16.4 Å². The Bertz CT molecular complexity index is 1280. The number of nitrogens with two attached hydrogens (primary N) is 1. The molecule has 1 aliphatic heterocycles. The highest BCUT2D eigenvalue weighted by Crippen LogP contribution is 2.36. The summed E-state index contributed by atoms with van der Waals surface area (Å²) in [5, 5.41) is 5.20. The molecular formula is C22H19N3O2S. The van der Waals surface area contributed by atoms with E-state index in [0.29, 0.717) is 6.04 Å². The van der Waals surface area contributed by atoms with Crippen LogP contribution in [-0.4, -0.2) is 18.0 Å². The number of hydrogen-bond acceptors (Lipinski definition) is 3. The van der Waals surface area contributed by atoms with Gasteiger partial charge in [-0.1, -0.05) is 48.5 Å². The molecule has 1 atom stereocenters. The second kappa shape index (κ2) is 6.29. The number of primary sulfonamides is 1. The molecule has 6 heteroatoms. The van der Waals surface area contributed by atoms with Crippen molar-refractivity contribution in [2.24, 2.45) is 5.14 Å². The fourth-order valence-corrected chi connectivity index (χ4v) is 4.58. The monoisotopic (exact) mass is 389 g/mol. The zero-order chi connectivity index (χ0) is 19.3. The largest absolute Gasteiger partial charge is 0.320 e. The van der Waals surface area contributed by atoms with Crippen LogP contribution in [0.4, 0.5) is 0 Å². The summed E-state index contributed by atoms with van der Waals surface area (Å²) in [4.78, 5) is 4.93. The van der Waals surface area contributed by atoms with Crippen molar-refractivity contribution in [3.8, 4) is 11.1 Å². The van der Waals surface area contributed by atoms with Crippen LogP contribution >= 0.6 is 0 Å². The molecule has 3 aromatic carbocycles. The zero-order valence-electron chi connectivity index (χ0n) is 15.1. The number of hydrogen-bond donors (Lipinski definition) is 1. The van der Waals surface area contributed by atoms with Crippen LogP contribution in [0.25, 0.3) is 22.2 Å². The Balaban J connectivity index is 1.61. The maximum absolute atomic E-state index is 11.5. The molecule has 1 aliphatic rings. The number of sulfonamides is 1. The highest BCUT2D eigenvalue weighted by atomic mass is 32.2.